The summed E-state index contributed by atoms with van der Waals surface area (Å²) in [6.45, 7) is 4.25. The van der Waals surface area contributed by atoms with Crippen LogP contribution in [0.15, 0.2) is 17.0 Å². The number of nitrogens with zero attached hydrogens (tertiary/aromatic N) is 2. The summed E-state index contributed by atoms with van der Waals surface area (Å²) in [4.78, 5) is 10.1. The number of likely N-dealkylation sites (N-methyl/N-ethyl adjacent to an activating group) is 1. The van der Waals surface area contributed by atoms with Crippen LogP contribution in [0.1, 0.15) is 12.5 Å². The van der Waals surface area contributed by atoms with E-state index in [4.69, 9.17) is 10.5 Å². The van der Waals surface area contributed by atoms with Crippen molar-refractivity contribution in [3.05, 3.63) is 27.8 Å². The van der Waals surface area contributed by atoms with Gasteiger partial charge in [-0.05, 0) is 25.5 Å². The van der Waals surface area contributed by atoms with E-state index in [9.17, 15) is 18.5 Å². The van der Waals surface area contributed by atoms with E-state index in [0.717, 1.165) is 10.4 Å². The lowest BCUT2D eigenvalue weighted by Gasteiger charge is -2.18. The van der Waals surface area contributed by atoms with Crippen molar-refractivity contribution >= 4 is 21.4 Å². The third-order valence-electron chi connectivity index (χ3n) is 2.96. The number of hydrogen-bond acceptors (Lipinski definition) is 6. The van der Waals surface area contributed by atoms with E-state index in [2.05, 4.69) is 0 Å². The fraction of sp³-hybridized carbons (Fsp3) is 0.500. The molecule has 1 aromatic rings. The van der Waals surface area contributed by atoms with Crippen molar-refractivity contribution in [1.29, 1.82) is 0 Å². The Bertz CT molecular complexity index is 630. The van der Waals surface area contributed by atoms with E-state index in [0.29, 0.717) is 12.2 Å². The van der Waals surface area contributed by atoms with Gasteiger partial charge in [0.25, 0.3) is 5.69 Å². The summed E-state index contributed by atoms with van der Waals surface area (Å²) in [5.74, 6) is 0. The largest absolute Gasteiger partial charge is 0.393 e. The van der Waals surface area contributed by atoms with Crippen LogP contribution in [-0.4, -0.2) is 44.5 Å². The predicted molar refractivity (Wildman–Crippen MR) is 78.6 cm³/mol. The molecular formula is C12H19N3O5S. The summed E-state index contributed by atoms with van der Waals surface area (Å²) < 4.78 is 31.1. The van der Waals surface area contributed by atoms with Crippen LogP contribution in [0.25, 0.3) is 0 Å². The van der Waals surface area contributed by atoms with Gasteiger partial charge in [-0.3, -0.25) is 10.1 Å². The zero-order valence-corrected chi connectivity index (χ0v) is 13.0. The first kappa shape index (κ1) is 17.3. The average molecular weight is 317 g/mol. The highest BCUT2D eigenvalue weighted by Gasteiger charge is 2.26. The van der Waals surface area contributed by atoms with Gasteiger partial charge in [-0.15, -0.1) is 0 Å². The van der Waals surface area contributed by atoms with Crippen LogP contribution in [0.4, 0.5) is 11.4 Å². The topological polar surface area (TPSA) is 116 Å². The summed E-state index contributed by atoms with van der Waals surface area (Å²) >= 11 is 0. The number of aryl methyl sites for hydroxylation is 1. The molecule has 2 N–H and O–H groups in total. The van der Waals surface area contributed by atoms with E-state index in [1.807, 2.05) is 6.92 Å². The molecule has 0 bridgehead atoms. The fourth-order valence-corrected chi connectivity index (χ4v) is 3.14. The number of ether oxygens (including phenoxy) is 1. The Morgan fingerprint density at radius 2 is 2.05 bits per heavy atom. The number of benzene rings is 1. The molecule has 0 heterocycles. The zero-order chi connectivity index (χ0) is 16.2. The monoisotopic (exact) mass is 317 g/mol. The summed E-state index contributed by atoms with van der Waals surface area (Å²) in [6.07, 6.45) is 0. The predicted octanol–water partition coefficient (Wildman–Crippen LogP) is 1.14. The van der Waals surface area contributed by atoms with Gasteiger partial charge in [0.2, 0.25) is 10.0 Å². The van der Waals surface area contributed by atoms with Crippen LogP contribution in [-0.2, 0) is 14.8 Å². The quantitative estimate of drug-likeness (QED) is 0.349. The van der Waals surface area contributed by atoms with Gasteiger partial charge >= 0.3 is 0 Å². The number of sulfonamides is 1. The molecule has 0 spiro atoms. The van der Waals surface area contributed by atoms with Crippen molar-refractivity contribution in [2.75, 3.05) is 32.5 Å². The molecule has 0 saturated carbocycles. The van der Waals surface area contributed by atoms with Gasteiger partial charge in [-0.25, -0.2) is 8.42 Å². The Balaban J connectivity index is 3.19. The molecule has 9 heteroatoms. The van der Waals surface area contributed by atoms with Gasteiger partial charge in [0.1, 0.15) is 5.69 Å². The third-order valence-corrected chi connectivity index (χ3v) is 4.96. The minimum Gasteiger partial charge on any atom is -0.393 e. The second kappa shape index (κ2) is 6.83. The van der Waals surface area contributed by atoms with E-state index < -0.39 is 20.6 Å². The van der Waals surface area contributed by atoms with Gasteiger partial charge in [-0.2, -0.15) is 4.31 Å². The lowest BCUT2D eigenvalue weighted by molar-refractivity contribution is -0.384. The number of nitro groups is 1. The van der Waals surface area contributed by atoms with Crippen LogP contribution in [0, 0.1) is 17.0 Å². The summed E-state index contributed by atoms with van der Waals surface area (Å²) in [6, 6.07) is 2.29. The molecule has 0 aliphatic rings. The standard InChI is InChI=1S/C12H19N3O5S/c1-4-20-6-5-14(3)21(18,19)12-8-11(15(16)17)10(13)7-9(12)2/h7-8H,4-6,13H2,1-3H3. The Morgan fingerprint density at radius 1 is 1.43 bits per heavy atom. The first-order chi connectivity index (χ1) is 9.71. The Labute approximate surface area is 123 Å². The molecule has 0 atom stereocenters. The molecule has 1 aromatic carbocycles. The lowest BCUT2D eigenvalue weighted by atomic mass is 10.2. The molecule has 0 unspecified atom stereocenters. The Hall–Kier alpha value is -1.71. The van der Waals surface area contributed by atoms with Gasteiger partial charge in [0, 0.05) is 26.3 Å². The van der Waals surface area contributed by atoms with E-state index in [1.165, 1.54) is 13.1 Å². The molecular weight excluding hydrogens is 298 g/mol. The summed E-state index contributed by atoms with van der Waals surface area (Å²) in [7, 11) is -2.43. The smallest absolute Gasteiger partial charge is 0.293 e. The molecule has 8 nitrogen and oxygen atoms in total. The molecule has 0 aliphatic carbocycles. The number of anilines is 1. The first-order valence-corrected chi connectivity index (χ1v) is 7.74. The Kier molecular flexibility index (Phi) is 5.64. The normalized spacial score (nSPS) is 11.8. The molecule has 21 heavy (non-hydrogen) atoms. The van der Waals surface area contributed by atoms with Gasteiger partial charge < -0.3 is 10.5 Å². The van der Waals surface area contributed by atoms with Crippen LogP contribution < -0.4 is 5.73 Å². The molecule has 0 saturated heterocycles. The van der Waals surface area contributed by atoms with Crippen molar-refractivity contribution in [1.82, 2.24) is 4.31 Å². The zero-order valence-electron chi connectivity index (χ0n) is 12.2. The van der Waals surface area contributed by atoms with Crippen LogP contribution in [0.3, 0.4) is 0 Å². The van der Waals surface area contributed by atoms with Crippen LogP contribution in [0.5, 0.6) is 0 Å². The van der Waals surface area contributed by atoms with Gasteiger partial charge in [-0.1, -0.05) is 0 Å². The second-order valence-electron chi connectivity index (χ2n) is 4.46. The van der Waals surface area contributed by atoms with E-state index in [1.54, 1.807) is 6.92 Å². The molecule has 118 valence electrons. The van der Waals surface area contributed by atoms with E-state index >= 15 is 0 Å². The maximum atomic E-state index is 12.4. The van der Waals surface area contributed by atoms with Crippen molar-refractivity contribution in [3.63, 3.8) is 0 Å². The summed E-state index contributed by atoms with van der Waals surface area (Å²) in [5, 5.41) is 10.9. The summed E-state index contributed by atoms with van der Waals surface area (Å²) in [5.41, 5.74) is 5.42. The maximum absolute atomic E-state index is 12.4. The van der Waals surface area contributed by atoms with Crippen molar-refractivity contribution in [2.45, 2.75) is 18.7 Å². The van der Waals surface area contributed by atoms with Gasteiger partial charge in [0.05, 0.1) is 16.4 Å². The fourth-order valence-electron chi connectivity index (χ4n) is 1.76. The minimum absolute atomic E-state index is 0.0616. The van der Waals surface area contributed by atoms with Crippen LogP contribution in [0.2, 0.25) is 0 Å². The van der Waals surface area contributed by atoms with Crippen molar-refractivity contribution < 1.29 is 18.1 Å². The molecule has 0 fully saturated rings. The molecule has 1 rings (SSSR count). The average Bonchev–Trinajstić information content (AvgIpc) is 2.37. The van der Waals surface area contributed by atoms with Crippen LogP contribution >= 0.6 is 0 Å². The molecule has 0 radical (unpaired) electrons. The SMILES string of the molecule is CCOCCN(C)S(=O)(=O)c1cc([N+](=O)[O-])c(N)cc1C. The number of nitrogens with two attached hydrogens (primary N) is 1. The highest BCUT2D eigenvalue weighted by molar-refractivity contribution is 7.89. The second-order valence-corrected chi connectivity index (χ2v) is 6.47. The molecule has 0 amide bonds. The molecule has 0 aliphatic heterocycles. The third kappa shape index (κ3) is 3.90. The number of hydrogen-bond donors (Lipinski definition) is 1. The number of nitro benzene ring substituents is 1. The molecule has 0 aromatic heterocycles. The minimum atomic E-state index is -3.83. The van der Waals surface area contributed by atoms with Crippen molar-refractivity contribution in [3.8, 4) is 0 Å². The van der Waals surface area contributed by atoms with Gasteiger partial charge in [0.15, 0.2) is 0 Å². The highest BCUT2D eigenvalue weighted by atomic mass is 32.2. The number of nitrogen functional groups attached to an aromatic ring is 1. The number of rotatable bonds is 7. The van der Waals surface area contributed by atoms with Crippen molar-refractivity contribution in [2.24, 2.45) is 0 Å². The lowest BCUT2D eigenvalue weighted by Crippen LogP contribution is -2.31. The highest BCUT2D eigenvalue weighted by Crippen LogP contribution is 2.29. The maximum Gasteiger partial charge on any atom is 0.293 e. The Morgan fingerprint density at radius 3 is 2.57 bits per heavy atom. The van der Waals surface area contributed by atoms with E-state index in [-0.39, 0.29) is 23.7 Å². The first-order valence-electron chi connectivity index (χ1n) is 6.30.